The lowest BCUT2D eigenvalue weighted by Gasteiger charge is -2.35. The second-order valence-corrected chi connectivity index (χ2v) is 8.22. The molecule has 1 N–H and O–H groups in total. The number of hydrogen-bond acceptors (Lipinski definition) is 3. The summed E-state index contributed by atoms with van der Waals surface area (Å²) in [5.41, 5.74) is 7.01. The number of aryl methyl sites for hydroxylation is 1. The number of morpholine rings is 1. The average Bonchev–Trinajstić information content (AvgIpc) is 3.30. The van der Waals surface area contributed by atoms with Crippen LogP contribution < -0.4 is 0 Å². The molecule has 1 aliphatic rings. The van der Waals surface area contributed by atoms with E-state index in [4.69, 9.17) is 4.74 Å². The van der Waals surface area contributed by atoms with Gasteiger partial charge in [-0.2, -0.15) is 5.10 Å². The van der Waals surface area contributed by atoms with E-state index in [-0.39, 0.29) is 11.9 Å². The van der Waals surface area contributed by atoms with E-state index in [0.717, 1.165) is 29.9 Å². The molecule has 1 aromatic heterocycles. The van der Waals surface area contributed by atoms with Crippen molar-refractivity contribution in [2.45, 2.75) is 13.0 Å². The van der Waals surface area contributed by atoms with E-state index < -0.39 is 0 Å². The largest absolute Gasteiger partial charge is 0.379 e. The molecule has 0 radical (unpaired) electrons. The number of rotatable bonds is 5. The molecule has 32 heavy (non-hydrogen) atoms. The van der Waals surface area contributed by atoms with Crippen LogP contribution in [0.2, 0.25) is 0 Å². The molecule has 1 atom stereocenters. The highest BCUT2D eigenvalue weighted by atomic mass is 19.1. The Labute approximate surface area is 187 Å². The average molecular weight is 428 g/mol. The maximum atomic E-state index is 14.6. The number of halogens is 1. The van der Waals surface area contributed by atoms with Gasteiger partial charge in [-0.3, -0.25) is 10.00 Å². The third-order valence-electron chi connectivity index (χ3n) is 6.13. The molecule has 0 saturated carbocycles. The number of hydrogen-bond donors (Lipinski definition) is 1. The minimum absolute atomic E-state index is 0.0423. The Balaban J connectivity index is 1.55. The predicted molar refractivity (Wildman–Crippen MR) is 125 cm³/mol. The highest BCUT2D eigenvalue weighted by Crippen LogP contribution is 2.36. The van der Waals surface area contributed by atoms with Crippen molar-refractivity contribution in [1.29, 1.82) is 0 Å². The molecule has 5 rings (SSSR count). The van der Waals surface area contributed by atoms with Gasteiger partial charge in [0.25, 0.3) is 0 Å². The maximum Gasteiger partial charge on any atom is 0.132 e. The molecular weight excluding hydrogens is 401 g/mol. The third kappa shape index (κ3) is 4.09. The molecule has 1 saturated heterocycles. The van der Waals surface area contributed by atoms with Gasteiger partial charge in [0.2, 0.25) is 0 Å². The molecule has 0 spiro atoms. The fourth-order valence-corrected chi connectivity index (χ4v) is 4.41. The molecule has 3 aromatic carbocycles. The second-order valence-electron chi connectivity index (χ2n) is 8.22. The zero-order valence-electron chi connectivity index (χ0n) is 18.1. The van der Waals surface area contributed by atoms with Gasteiger partial charge in [0.15, 0.2) is 0 Å². The fraction of sp³-hybridized carbons (Fsp3) is 0.222. The summed E-state index contributed by atoms with van der Waals surface area (Å²) >= 11 is 0. The van der Waals surface area contributed by atoms with E-state index in [1.165, 1.54) is 22.8 Å². The van der Waals surface area contributed by atoms with Gasteiger partial charge in [0.05, 0.1) is 31.1 Å². The van der Waals surface area contributed by atoms with Crippen molar-refractivity contribution < 1.29 is 9.13 Å². The van der Waals surface area contributed by atoms with Crippen LogP contribution in [0.3, 0.4) is 0 Å². The monoisotopic (exact) mass is 427 g/mol. The van der Waals surface area contributed by atoms with Gasteiger partial charge >= 0.3 is 0 Å². The number of H-pyrrole nitrogens is 1. The minimum atomic E-state index is -0.256. The van der Waals surface area contributed by atoms with Crippen molar-refractivity contribution >= 4 is 0 Å². The highest BCUT2D eigenvalue weighted by Gasteiger charge is 2.28. The Hall–Kier alpha value is -3.28. The first-order valence-corrected chi connectivity index (χ1v) is 11.0. The zero-order valence-corrected chi connectivity index (χ0v) is 18.1. The number of aromatic nitrogens is 2. The summed E-state index contributed by atoms with van der Waals surface area (Å²) in [6, 6.07) is 24.0. The standard InChI is InChI=1S/C27H26FN3O/c1-19-6-8-20(9-7-19)21-10-12-22(13-11-21)27(31-14-16-32-17-15-31)24-18-29-30-26(24)23-4-2-3-5-25(23)28/h2-13,18,27H,14-17H2,1H3,(H,29,30). The molecule has 1 aliphatic heterocycles. The molecule has 2 heterocycles. The Morgan fingerprint density at radius 1 is 0.906 bits per heavy atom. The van der Waals surface area contributed by atoms with Gasteiger partial charge in [0, 0.05) is 24.2 Å². The smallest absolute Gasteiger partial charge is 0.132 e. The van der Waals surface area contributed by atoms with Crippen molar-refractivity contribution in [3.05, 3.63) is 102 Å². The molecule has 4 aromatic rings. The van der Waals surface area contributed by atoms with Crippen molar-refractivity contribution in [2.24, 2.45) is 0 Å². The molecule has 0 bridgehead atoms. The second kappa shape index (κ2) is 9.07. The summed E-state index contributed by atoms with van der Waals surface area (Å²) < 4.78 is 20.2. The van der Waals surface area contributed by atoms with Crippen LogP contribution in [0.4, 0.5) is 4.39 Å². The lowest BCUT2D eigenvalue weighted by molar-refractivity contribution is 0.0240. The van der Waals surface area contributed by atoms with E-state index in [9.17, 15) is 4.39 Å². The van der Waals surface area contributed by atoms with Gasteiger partial charge < -0.3 is 4.74 Å². The molecule has 5 heteroatoms. The lowest BCUT2D eigenvalue weighted by atomic mass is 9.93. The van der Waals surface area contributed by atoms with Gasteiger partial charge in [-0.25, -0.2) is 4.39 Å². The van der Waals surface area contributed by atoms with E-state index >= 15 is 0 Å². The maximum absolute atomic E-state index is 14.6. The Morgan fingerprint density at radius 3 is 2.25 bits per heavy atom. The van der Waals surface area contributed by atoms with Gasteiger partial charge in [-0.1, -0.05) is 66.2 Å². The summed E-state index contributed by atoms with van der Waals surface area (Å²) in [4.78, 5) is 2.39. The Morgan fingerprint density at radius 2 is 1.56 bits per heavy atom. The van der Waals surface area contributed by atoms with Crippen molar-refractivity contribution in [3.63, 3.8) is 0 Å². The Kier molecular flexibility index (Phi) is 5.84. The summed E-state index contributed by atoms with van der Waals surface area (Å²) in [5.74, 6) is -0.256. The number of benzene rings is 3. The molecule has 0 aliphatic carbocycles. The first-order valence-electron chi connectivity index (χ1n) is 11.0. The molecular formula is C27H26FN3O. The van der Waals surface area contributed by atoms with Crippen LogP contribution in [0.1, 0.15) is 22.7 Å². The van der Waals surface area contributed by atoms with Gasteiger partial charge in [-0.05, 0) is 35.7 Å². The lowest BCUT2D eigenvalue weighted by Crippen LogP contribution is -2.39. The predicted octanol–water partition coefficient (Wildman–Crippen LogP) is 5.61. The van der Waals surface area contributed by atoms with Crippen LogP contribution in [0.15, 0.2) is 79.0 Å². The van der Waals surface area contributed by atoms with E-state index in [1.807, 2.05) is 12.3 Å². The molecule has 162 valence electrons. The number of nitrogens with zero attached hydrogens (tertiary/aromatic N) is 2. The van der Waals surface area contributed by atoms with Gasteiger partial charge in [-0.15, -0.1) is 0 Å². The minimum Gasteiger partial charge on any atom is -0.379 e. The SMILES string of the molecule is Cc1ccc(-c2ccc(C(c3cn[nH]c3-c3ccccc3F)N3CCOCC3)cc2)cc1. The van der Waals surface area contributed by atoms with Gasteiger partial charge in [0.1, 0.15) is 5.82 Å². The number of ether oxygens (including phenoxy) is 1. The van der Waals surface area contributed by atoms with E-state index in [1.54, 1.807) is 12.1 Å². The summed E-state index contributed by atoms with van der Waals surface area (Å²) in [7, 11) is 0. The Bertz CT molecular complexity index is 1180. The first kappa shape index (κ1) is 20.6. The fourth-order valence-electron chi connectivity index (χ4n) is 4.41. The summed E-state index contributed by atoms with van der Waals surface area (Å²) in [5, 5.41) is 7.35. The van der Waals surface area contributed by atoms with E-state index in [0.29, 0.717) is 18.8 Å². The van der Waals surface area contributed by atoms with Crippen LogP contribution >= 0.6 is 0 Å². The first-order chi connectivity index (χ1) is 15.7. The topological polar surface area (TPSA) is 41.2 Å². The van der Waals surface area contributed by atoms with Crippen LogP contribution in [-0.2, 0) is 4.74 Å². The highest BCUT2D eigenvalue weighted by molar-refractivity contribution is 5.66. The molecule has 0 amide bonds. The van der Waals surface area contributed by atoms with Crippen molar-refractivity contribution in [1.82, 2.24) is 15.1 Å². The quantitative estimate of drug-likeness (QED) is 0.450. The van der Waals surface area contributed by atoms with Crippen LogP contribution in [0.5, 0.6) is 0 Å². The normalized spacial score (nSPS) is 15.6. The number of nitrogens with one attached hydrogen (secondary N) is 1. The summed E-state index contributed by atoms with van der Waals surface area (Å²) in [6.07, 6.45) is 1.83. The van der Waals surface area contributed by atoms with Crippen LogP contribution in [-0.4, -0.2) is 41.4 Å². The summed E-state index contributed by atoms with van der Waals surface area (Å²) in [6.45, 7) is 5.09. The van der Waals surface area contributed by atoms with Crippen LogP contribution in [0, 0.1) is 12.7 Å². The third-order valence-corrected chi connectivity index (χ3v) is 6.13. The van der Waals surface area contributed by atoms with E-state index in [2.05, 4.69) is 70.6 Å². The van der Waals surface area contributed by atoms with Crippen molar-refractivity contribution in [2.75, 3.05) is 26.3 Å². The molecule has 1 fully saturated rings. The van der Waals surface area contributed by atoms with Crippen molar-refractivity contribution in [3.8, 4) is 22.4 Å². The van der Waals surface area contributed by atoms with Crippen LogP contribution in [0.25, 0.3) is 22.4 Å². The number of aromatic amines is 1. The zero-order chi connectivity index (χ0) is 21.9. The molecule has 4 nitrogen and oxygen atoms in total. The molecule has 1 unspecified atom stereocenters.